The van der Waals surface area contributed by atoms with Gasteiger partial charge in [-0.15, -0.1) is 0 Å². The van der Waals surface area contributed by atoms with Gasteiger partial charge in [0, 0.05) is 43.9 Å². The lowest BCUT2D eigenvalue weighted by Crippen LogP contribution is -2.48. The first-order valence-electron chi connectivity index (χ1n) is 11.7. The Morgan fingerprint density at radius 2 is 1.55 bits per heavy atom. The van der Waals surface area contributed by atoms with Gasteiger partial charge in [-0.1, -0.05) is 42.5 Å². The molecule has 2 amide bonds. The van der Waals surface area contributed by atoms with E-state index in [1.54, 1.807) is 12.1 Å². The Kier molecular flexibility index (Phi) is 5.86. The molecule has 0 radical (unpaired) electrons. The Labute approximate surface area is 194 Å². The Balaban J connectivity index is 1.11. The normalized spacial score (nSPS) is 14.7. The lowest BCUT2D eigenvalue weighted by molar-refractivity contribution is -0.131. The van der Waals surface area contributed by atoms with Gasteiger partial charge in [0.25, 0.3) is 0 Å². The van der Waals surface area contributed by atoms with E-state index < -0.39 is 5.91 Å². The quantitative estimate of drug-likeness (QED) is 0.493. The van der Waals surface area contributed by atoms with Gasteiger partial charge in [0.2, 0.25) is 11.8 Å². The molecule has 0 bridgehead atoms. The SMILES string of the molecule is NC(=O)c1ccc(N2CCN(C(=O)CCCc3ccc4c(c3)-c3ccccc3C4)CC2)cc1. The number of fused-ring (bicyclic) bond motifs is 3. The monoisotopic (exact) mass is 439 g/mol. The first-order chi connectivity index (χ1) is 16.1. The molecule has 0 aromatic heterocycles. The predicted octanol–water partition coefficient (Wildman–Crippen LogP) is 4.03. The summed E-state index contributed by atoms with van der Waals surface area (Å²) in [7, 11) is 0. The Morgan fingerprint density at radius 3 is 2.30 bits per heavy atom. The molecular weight excluding hydrogens is 410 g/mol. The highest BCUT2D eigenvalue weighted by molar-refractivity contribution is 5.93. The maximum atomic E-state index is 12.8. The Bertz CT molecular complexity index is 1180. The maximum Gasteiger partial charge on any atom is 0.248 e. The minimum absolute atomic E-state index is 0.241. The van der Waals surface area contributed by atoms with Crippen LogP contribution in [0.5, 0.6) is 0 Å². The molecule has 0 atom stereocenters. The van der Waals surface area contributed by atoms with Crippen LogP contribution in [-0.2, 0) is 17.6 Å². The van der Waals surface area contributed by atoms with E-state index >= 15 is 0 Å². The van der Waals surface area contributed by atoms with Crippen molar-refractivity contribution in [2.45, 2.75) is 25.7 Å². The van der Waals surface area contributed by atoms with Crippen molar-refractivity contribution in [2.24, 2.45) is 5.73 Å². The van der Waals surface area contributed by atoms with Gasteiger partial charge >= 0.3 is 0 Å². The van der Waals surface area contributed by atoms with Crippen molar-refractivity contribution < 1.29 is 9.59 Å². The zero-order valence-electron chi connectivity index (χ0n) is 18.8. The minimum atomic E-state index is -0.415. The topological polar surface area (TPSA) is 66.6 Å². The molecular formula is C28H29N3O2. The number of carbonyl (C=O) groups excluding carboxylic acids is 2. The second-order valence-corrected chi connectivity index (χ2v) is 8.96. The molecule has 1 aliphatic heterocycles. The van der Waals surface area contributed by atoms with Crippen molar-refractivity contribution in [3.8, 4) is 11.1 Å². The summed E-state index contributed by atoms with van der Waals surface area (Å²) < 4.78 is 0. The van der Waals surface area contributed by atoms with Crippen molar-refractivity contribution in [2.75, 3.05) is 31.1 Å². The van der Waals surface area contributed by atoms with Crippen LogP contribution in [0.3, 0.4) is 0 Å². The third-order valence-electron chi connectivity index (χ3n) is 6.87. The van der Waals surface area contributed by atoms with E-state index in [0.29, 0.717) is 12.0 Å². The molecule has 33 heavy (non-hydrogen) atoms. The van der Waals surface area contributed by atoms with Gasteiger partial charge in [-0.05, 0) is 71.3 Å². The molecule has 5 nitrogen and oxygen atoms in total. The van der Waals surface area contributed by atoms with Gasteiger partial charge in [0.05, 0.1) is 0 Å². The van der Waals surface area contributed by atoms with Crippen LogP contribution in [0.25, 0.3) is 11.1 Å². The summed E-state index contributed by atoms with van der Waals surface area (Å²) in [5.41, 5.74) is 13.7. The molecule has 0 saturated carbocycles. The third-order valence-corrected chi connectivity index (χ3v) is 6.87. The summed E-state index contributed by atoms with van der Waals surface area (Å²) in [6, 6.07) is 22.8. The molecule has 3 aromatic carbocycles. The molecule has 168 valence electrons. The molecule has 0 unspecified atom stereocenters. The first-order valence-corrected chi connectivity index (χ1v) is 11.7. The average Bonchev–Trinajstić information content (AvgIpc) is 3.22. The number of primary amides is 1. The van der Waals surface area contributed by atoms with Crippen LogP contribution in [0.1, 0.15) is 39.9 Å². The van der Waals surface area contributed by atoms with E-state index in [9.17, 15) is 9.59 Å². The number of rotatable bonds is 6. The molecule has 1 fully saturated rings. The lowest BCUT2D eigenvalue weighted by Gasteiger charge is -2.36. The fourth-order valence-corrected chi connectivity index (χ4v) is 4.98. The number of aryl methyl sites for hydroxylation is 1. The highest BCUT2D eigenvalue weighted by Gasteiger charge is 2.22. The van der Waals surface area contributed by atoms with Crippen molar-refractivity contribution in [3.63, 3.8) is 0 Å². The van der Waals surface area contributed by atoms with Crippen molar-refractivity contribution in [3.05, 3.63) is 89.0 Å². The number of amides is 2. The van der Waals surface area contributed by atoms with E-state index in [4.69, 9.17) is 5.73 Å². The van der Waals surface area contributed by atoms with Gasteiger partial charge in [0.1, 0.15) is 0 Å². The number of carbonyl (C=O) groups is 2. The number of piperazine rings is 1. The zero-order valence-corrected chi connectivity index (χ0v) is 18.8. The van der Waals surface area contributed by atoms with Crippen LogP contribution in [0.2, 0.25) is 0 Å². The summed E-state index contributed by atoms with van der Waals surface area (Å²) in [6.45, 7) is 3.05. The number of nitrogens with zero attached hydrogens (tertiary/aromatic N) is 2. The van der Waals surface area contributed by atoms with Gasteiger partial charge in [-0.2, -0.15) is 0 Å². The number of anilines is 1. The van der Waals surface area contributed by atoms with Crippen LogP contribution >= 0.6 is 0 Å². The molecule has 2 aliphatic rings. The van der Waals surface area contributed by atoms with Crippen LogP contribution in [0.15, 0.2) is 66.7 Å². The molecule has 3 aromatic rings. The third kappa shape index (κ3) is 4.49. The molecule has 1 heterocycles. The van der Waals surface area contributed by atoms with E-state index in [-0.39, 0.29) is 5.91 Å². The summed E-state index contributed by atoms with van der Waals surface area (Å²) in [4.78, 5) is 28.2. The molecule has 5 heteroatoms. The minimum Gasteiger partial charge on any atom is -0.368 e. The largest absolute Gasteiger partial charge is 0.368 e. The molecule has 5 rings (SSSR count). The van der Waals surface area contributed by atoms with Crippen LogP contribution in [0.4, 0.5) is 5.69 Å². The zero-order chi connectivity index (χ0) is 22.8. The second kappa shape index (κ2) is 9.10. The fourth-order valence-electron chi connectivity index (χ4n) is 4.98. The second-order valence-electron chi connectivity index (χ2n) is 8.96. The predicted molar refractivity (Wildman–Crippen MR) is 131 cm³/mol. The summed E-state index contributed by atoms with van der Waals surface area (Å²) in [6.07, 6.45) is 3.40. The number of benzene rings is 3. The van der Waals surface area contributed by atoms with Crippen molar-refractivity contribution >= 4 is 17.5 Å². The molecule has 1 aliphatic carbocycles. The molecule has 2 N–H and O–H groups in total. The highest BCUT2D eigenvalue weighted by atomic mass is 16.2. The maximum absolute atomic E-state index is 12.8. The lowest BCUT2D eigenvalue weighted by atomic mass is 10.00. The Morgan fingerprint density at radius 1 is 0.818 bits per heavy atom. The van der Waals surface area contributed by atoms with Gasteiger partial charge in [-0.3, -0.25) is 9.59 Å². The number of hydrogen-bond acceptors (Lipinski definition) is 3. The van der Waals surface area contributed by atoms with Crippen molar-refractivity contribution in [1.82, 2.24) is 4.90 Å². The standard InChI is InChI=1S/C28H29N3O2/c29-28(33)21-10-12-24(13-11-21)30-14-16-31(17-15-30)27(32)7-3-4-20-8-9-23-19-22-5-1-2-6-25(22)26(23)18-20/h1-2,5-6,8-13,18H,3-4,7,14-17,19H2,(H2,29,33). The van der Waals surface area contributed by atoms with E-state index in [2.05, 4.69) is 47.4 Å². The van der Waals surface area contributed by atoms with Crippen LogP contribution in [0, 0.1) is 0 Å². The first kappa shape index (κ1) is 21.3. The molecule has 0 spiro atoms. The molecule has 1 saturated heterocycles. The number of nitrogens with two attached hydrogens (primary N) is 1. The summed E-state index contributed by atoms with van der Waals surface area (Å²) in [5.74, 6) is -0.174. The van der Waals surface area contributed by atoms with Crippen LogP contribution in [-0.4, -0.2) is 42.9 Å². The summed E-state index contributed by atoms with van der Waals surface area (Å²) >= 11 is 0. The van der Waals surface area contributed by atoms with E-state index in [1.165, 1.54) is 27.8 Å². The highest BCUT2D eigenvalue weighted by Crippen LogP contribution is 2.37. The van der Waals surface area contributed by atoms with Gasteiger partial charge < -0.3 is 15.5 Å². The number of hydrogen-bond donors (Lipinski definition) is 1. The summed E-state index contributed by atoms with van der Waals surface area (Å²) in [5, 5.41) is 0. The van der Waals surface area contributed by atoms with Crippen molar-refractivity contribution in [1.29, 1.82) is 0 Å². The van der Waals surface area contributed by atoms with Gasteiger partial charge in [-0.25, -0.2) is 0 Å². The van der Waals surface area contributed by atoms with Crippen LogP contribution < -0.4 is 10.6 Å². The van der Waals surface area contributed by atoms with E-state index in [0.717, 1.165) is 51.1 Å². The van der Waals surface area contributed by atoms with Gasteiger partial charge in [0.15, 0.2) is 0 Å². The fraction of sp³-hybridized carbons (Fsp3) is 0.286. The Hall–Kier alpha value is -3.60. The average molecular weight is 440 g/mol. The smallest absolute Gasteiger partial charge is 0.248 e. The van der Waals surface area contributed by atoms with E-state index in [1.807, 2.05) is 17.0 Å².